The summed E-state index contributed by atoms with van der Waals surface area (Å²) in [6.45, 7) is 2.17. The number of amides is 2. The molecule has 2 N–H and O–H groups in total. The van der Waals surface area contributed by atoms with Crippen molar-refractivity contribution in [3.63, 3.8) is 0 Å². The maximum atomic E-state index is 13.5. The normalized spacial score (nSPS) is 10.5. The maximum Gasteiger partial charge on any atom is 0.251 e. The Morgan fingerprint density at radius 3 is 2.57 bits per heavy atom. The van der Waals surface area contributed by atoms with Gasteiger partial charge in [0.2, 0.25) is 5.91 Å². The first-order valence-corrected chi connectivity index (χ1v) is 8.93. The third-order valence-corrected chi connectivity index (χ3v) is 4.19. The molecule has 28 heavy (non-hydrogen) atoms. The van der Waals surface area contributed by atoms with Crippen molar-refractivity contribution >= 4 is 11.8 Å². The van der Waals surface area contributed by atoms with Gasteiger partial charge in [-0.05, 0) is 42.3 Å². The Morgan fingerprint density at radius 1 is 1.07 bits per heavy atom. The summed E-state index contributed by atoms with van der Waals surface area (Å²) in [5.74, 6) is -0.961. The number of para-hydroxylation sites is 1. The van der Waals surface area contributed by atoms with Gasteiger partial charge in [0.05, 0.1) is 18.3 Å². The van der Waals surface area contributed by atoms with Crippen LogP contribution in [-0.2, 0) is 11.2 Å². The van der Waals surface area contributed by atoms with Crippen molar-refractivity contribution in [3.05, 3.63) is 83.4 Å². The van der Waals surface area contributed by atoms with Crippen LogP contribution in [0.4, 0.5) is 4.39 Å². The van der Waals surface area contributed by atoms with E-state index >= 15 is 0 Å². The van der Waals surface area contributed by atoms with Gasteiger partial charge >= 0.3 is 0 Å². The average molecular weight is 380 g/mol. The molecule has 3 aromatic rings. The number of carbonyl (C=O) groups excluding carboxylic acids is 2. The highest BCUT2D eigenvalue weighted by Gasteiger charge is 2.09. The molecule has 144 valence electrons. The van der Waals surface area contributed by atoms with Gasteiger partial charge in [-0.3, -0.25) is 9.59 Å². The molecule has 0 unspecified atom stereocenters. The number of nitrogens with zero attached hydrogens (tertiary/aromatic N) is 2. The van der Waals surface area contributed by atoms with Crippen LogP contribution in [-0.4, -0.2) is 34.7 Å². The number of nitrogens with one attached hydrogen (secondary N) is 2. The predicted molar refractivity (Wildman–Crippen MR) is 104 cm³/mol. The first kappa shape index (κ1) is 19.3. The Bertz CT molecular complexity index is 970. The van der Waals surface area contributed by atoms with Crippen molar-refractivity contribution in [2.45, 2.75) is 13.3 Å². The van der Waals surface area contributed by atoms with E-state index in [9.17, 15) is 14.0 Å². The molecule has 0 radical (unpaired) electrons. The van der Waals surface area contributed by atoms with Crippen LogP contribution in [0.25, 0.3) is 5.69 Å². The van der Waals surface area contributed by atoms with Crippen molar-refractivity contribution in [1.82, 2.24) is 20.4 Å². The molecular weight excluding hydrogens is 359 g/mol. The quantitative estimate of drug-likeness (QED) is 0.618. The van der Waals surface area contributed by atoms with Gasteiger partial charge in [-0.2, -0.15) is 5.10 Å². The van der Waals surface area contributed by atoms with Crippen LogP contribution in [0.3, 0.4) is 0 Å². The van der Waals surface area contributed by atoms with E-state index in [4.69, 9.17) is 0 Å². The van der Waals surface area contributed by atoms with E-state index in [1.54, 1.807) is 29.9 Å². The lowest BCUT2D eigenvalue weighted by molar-refractivity contribution is -0.120. The molecule has 6 nitrogen and oxygen atoms in total. The summed E-state index contributed by atoms with van der Waals surface area (Å²) in [6.07, 6.45) is 3.66. The molecule has 3 rings (SSSR count). The molecule has 0 aliphatic rings. The molecule has 0 saturated carbocycles. The first-order valence-electron chi connectivity index (χ1n) is 8.93. The molecule has 0 aliphatic heterocycles. The smallest absolute Gasteiger partial charge is 0.251 e. The highest BCUT2D eigenvalue weighted by atomic mass is 19.1. The van der Waals surface area contributed by atoms with Gasteiger partial charge in [0.15, 0.2) is 0 Å². The summed E-state index contributed by atoms with van der Waals surface area (Å²) in [4.78, 5) is 24.0. The fourth-order valence-corrected chi connectivity index (χ4v) is 2.64. The van der Waals surface area contributed by atoms with Gasteiger partial charge in [-0.15, -0.1) is 0 Å². The second-order valence-electron chi connectivity index (χ2n) is 6.38. The van der Waals surface area contributed by atoms with Crippen LogP contribution in [0, 0.1) is 12.7 Å². The SMILES string of the molecule is Cc1ccc(C(=O)NCCNC(=O)Cc2cnn(-c3ccccc3)c2)cc1F. The van der Waals surface area contributed by atoms with Crippen LogP contribution in [0.2, 0.25) is 0 Å². The van der Waals surface area contributed by atoms with E-state index in [2.05, 4.69) is 15.7 Å². The highest BCUT2D eigenvalue weighted by Crippen LogP contribution is 2.09. The number of halogens is 1. The van der Waals surface area contributed by atoms with Gasteiger partial charge in [-0.1, -0.05) is 24.3 Å². The summed E-state index contributed by atoms with van der Waals surface area (Å²) < 4.78 is 15.2. The minimum atomic E-state index is -0.419. The van der Waals surface area contributed by atoms with Crippen molar-refractivity contribution in [1.29, 1.82) is 0 Å². The topological polar surface area (TPSA) is 76.0 Å². The van der Waals surface area contributed by atoms with Gasteiger partial charge in [0.25, 0.3) is 5.91 Å². The standard InChI is InChI=1S/C21H21FN4O2/c1-15-7-8-17(12-19(15)22)21(28)24-10-9-23-20(27)11-16-13-25-26(14-16)18-5-3-2-4-6-18/h2-8,12-14H,9-11H2,1H3,(H,23,27)(H,24,28). The predicted octanol–water partition coefficient (Wildman–Crippen LogP) is 2.41. The summed E-state index contributed by atoms with van der Waals surface area (Å²) in [7, 11) is 0. The molecule has 1 aromatic heterocycles. The van der Waals surface area contributed by atoms with E-state index in [0.717, 1.165) is 11.3 Å². The zero-order chi connectivity index (χ0) is 19.9. The fourth-order valence-electron chi connectivity index (χ4n) is 2.64. The van der Waals surface area contributed by atoms with Crippen LogP contribution in [0.15, 0.2) is 60.9 Å². The first-order chi connectivity index (χ1) is 13.5. The number of aryl methyl sites for hydroxylation is 1. The molecular formula is C21H21FN4O2. The number of benzene rings is 2. The van der Waals surface area contributed by atoms with Gasteiger partial charge < -0.3 is 10.6 Å². The zero-order valence-corrected chi connectivity index (χ0v) is 15.5. The number of hydrogen-bond acceptors (Lipinski definition) is 3. The molecule has 7 heteroatoms. The number of hydrogen-bond donors (Lipinski definition) is 2. The maximum absolute atomic E-state index is 13.5. The summed E-state index contributed by atoms with van der Waals surface area (Å²) in [6, 6.07) is 14.0. The average Bonchev–Trinajstić information content (AvgIpc) is 3.16. The molecule has 1 heterocycles. The van der Waals surface area contributed by atoms with Crippen LogP contribution < -0.4 is 10.6 Å². The number of rotatable bonds is 7. The minimum Gasteiger partial charge on any atom is -0.354 e. The van der Waals surface area contributed by atoms with E-state index < -0.39 is 5.82 Å². The molecule has 0 bridgehead atoms. The van der Waals surface area contributed by atoms with Gasteiger partial charge in [0, 0.05) is 24.8 Å². The highest BCUT2D eigenvalue weighted by molar-refractivity contribution is 5.94. The Morgan fingerprint density at radius 2 is 1.82 bits per heavy atom. The summed E-state index contributed by atoms with van der Waals surface area (Å²) in [5, 5.41) is 9.65. The number of carbonyl (C=O) groups is 2. The Labute approximate surface area is 162 Å². The summed E-state index contributed by atoms with van der Waals surface area (Å²) >= 11 is 0. The minimum absolute atomic E-state index is 0.164. The largest absolute Gasteiger partial charge is 0.354 e. The molecule has 2 amide bonds. The lowest BCUT2D eigenvalue weighted by atomic mass is 10.1. The second-order valence-corrected chi connectivity index (χ2v) is 6.38. The van der Waals surface area contributed by atoms with Crippen molar-refractivity contribution in [2.75, 3.05) is 13.1 Å². The molecule has 0 aliphatic carbocycles. The lowest BCUT2D eigenvalue weighted by Gasteiger charge is -2.07. The lowest BCUT2D eigenvalue weighted by Crippen LogP contribution is -2.35. The molecule has 2 aromatic carbocycles. The fraction of sp³-hybridized carbons (Fsp3) is 0.190. The molecule has 0 atom stereocenters. The van der Waals surface area contributed by atoms with E-state index in [1.807, 2.05) is 36.5 Å². The molecule has 0 fully saturated rings. The van der Waals surface area contributed by atoms with Crippen molar-refractivity contribution in [2.24, 2.45) is 0 Å². The Balaban J connectivity index is 1.42. The van der Waals surface area contributed by atoms with Crippen LogP contribution in [0.1, 0.15) is 21.5 Å². The summed E-state index contributed by atoms with van der Waals surface area (Å²) in [5.41, 5.74) is 2.45. The van der Waals surface area contributed by atoms with E-state index in [0.29, 0.717) is 5.56 Å². The third kappa shape index (κ3) is 5.03. The van der Waals surface area contributed by atoms with Crippen molar-refractivity contribution in [3.8, 4) is 5.69 Å². The van der Waals surface area contributed by atoms with Gasteiger partial charge in [-0.25, -0.2) is 9.07 Å². The Hall–Kier alpha value is -3.48. The van der Waals surface area contributed by atoms with Crippen LogP contribution in [0.5, 0.6) is 0 Å². The van der Waals surface area contributed by atoms with E-state index in [-0.39, 0.29) is 36.9 Å². The number of aromatic nitrogens is 2. The van der Waals surface area contributed by atoms with Crippen LogP contribution >= 0.6 is 0 Å². The monoisotopic (exact) mass is 380 g/mol. The van der Waals surface area contributed by atoms with Crippen molar-refractivity contribution < 1.29 is 14.0 Å². The van der Waals surface area contributed by atoms with Gasteiger partial charge in [0.1, 0.15) is 5.82 Å². The third-order valence-electron chi connectivity index (χ3n) is 4.19. The second kappa shape index (κ2) is 8.94. The Kier molecular flexibility index (Phi) is 6.16. The molecule has 0 spiro atoms. The zero-order valence-electron chi connectivity index (χ0n) is 15.5. The van der Waals surface area contributed by atoms with E-state index in [1.165, 1.54) is 6.07 Å². The molecule has 0 saturated heterocycles.